The smallest absolute Gasteiger partial charge is 0.126 e. The van der Waals surface area contributed by atoms with Crippen molar-refractivity contribution >= 4 is 0 Å². The molecular weight excluding hydrogens is 251 g/mol. The molecular formula is C17H19FN2. The highest BCUT2D eigenvalue weighted by atomic mass is 19.1. The fourth-order valence-corrected chi connectivity index (χ4v) is 2.99. The Morgan fingerprint density at radius 3 is 2.45 bits per heavy atom. The van der Waals surface area contributed by atoms with E-state index in [2.05, 4.69) is 17.0 Å². The molecule has 1 fully saturated rings. The third kappa shape index (κ3) is 2.74. The minimum absolute atomic E-state index is 0.00406. The van der Waals surface area contributed by atoms with Crippen LogP contribution in [0.5, 0.6) is 0 Å². The van der Waals surface area contributed by atoms with Crippen LogP contribution in [-0.2, 0) is 6.54 Å². The Bertz CT molecular complexity index is 570. The van der Waals surface area contributed by atoms with Gasteiger partial charge in [-0.3, -0.25) is 4.90 Å². The highest BCUT2D eigenvalue weighted by Gasteiger charge is 2.32. The zero-order chi connectivity index (χ0) is 13.9. The standard InChI is InChI=1S/C17H19FN2/c18-16-9-5-4-8-14(16)15-11-20(12-17(15)19)10-13-6-2-1-3-7-13/h1-9,15,17H,10-12,19H2/t15?,17-/m1/s1. The molecule has 0 aromatic heterocycles. The van der Waals surface area contributed by atoms with E-state index in [1.54, 1.807) is 6.07 Å². The van der Waals surface area contributed by atoms with E-state index in [1.807, 2.05) is 30.3 Å². The van der Waals surface area contributed by atoms with Crippen LogP contribution >= 0.6 is 0 Å². The van der Waals surface area contributed by atoms with Gasteiger partial charge < -0.3 is 5.73 Å². The summed E-state index contributed by atoms with van der Waals surface area (Å²) in [5.41, 5.74) is 8.23. The summed E-state index contributed by atoms with van der Waals surface area (Å²) in [6.45, 7) is 2.50. The van der Waals surface area contributed by atoms with Gasteiger partial charge in [0.2, 0.25) is 0 Å². The predicted molar refractivity (Wildman–Crippen MR) is 78.8 cm³/mol. The largest absolute Gasteiger partial charge is 0.326 e. The van der Waals surface area contributed by atoms with Crippen LogP contribution in [0, 0.1) is 5.82 Å². The highest BCUT2D eigenvalue weighted by Crippen LogP contribution is 2.29. The fraction of sp³-hybridized carbons (Fsp3) is 0.294. The summed E-state index contributed by atoms with van der Waals surface area (Å²) in [5.74, 6) is -0.0607. The lowest BCUT2D eigenvalue weighted by atomic mass is 9.94. The third-order valence-electron chi connectivity index (χ3n) is 3.99. The number of benzene rings is 2. The summed E-state index contributed by atoms with van der Waals surface area (Å²) in [4.78, 5) is 2.30. The summed E-state index contributed by atoms with van der Waals surface area (Å²) in [6.07, 6.45) is 0. The molecule has 1 aliphatic rings. The fourth-order valence-electron chi connectivity index (χ4n) is 2.99. The van der Waals surface area contributed by atoms with Crippen molar-refractivity contribution in [3.05, 3.63) is 71.5 Å². The number of halogens is 1. The van der Waals surface area contributed by atoms with E-state index in [4.69, 9.17) is 5.73 Å². The molecule has 2 aromatic carbocycles. The summed E-state index contributed by atoms with van der Waals surface area (Å²) in [5, 5.41) is 0. The van der Waals surface area contributed by atoms with Crippen molar-refractivity contribution < 1.29 is 4.39 Å². The molecule has 0 amide bonds. The maximum absolute atomic E-state index is 13.9. The van der Waals surface area contributed by atoms with Gasteiger partial charge in [0.1, 0.15) is 5.82 Å². The van der Waals surface area contributed by atoms with Crippen molar-refractivity contribution in [2.75, 3.05) is 13.1 Å². The van der Waals surface area contributed by atoms with Gasteiger partial charge in [-0.15, -0.1) is 0 Å². The van der Waals surface area contributed by atoms with Crippen molar-refractivity contribution in [1.29, 1.82) is 0 Å². The second kappa shape index (κ2) is 5.73. The molecule has 0 bridgehead atoms. The number of rotatable bonds is 3. The van der Waals surface area contributed by atoms with Gasteiger partial charge in [-0.2, -0.15) is 0 Å². The van der Waals surface area contributed by atoms with Crippen molar-refractivity contribution in [3.8, 4) is 0 Å². The zero-order valence-electron chi connectivity index (χ0n) is 11.4. The number of hydrogen-bond acceptors (Lipinski definition) is 2. The lowest BCUT2D eigenvalue weighted by Crippen LogP contribution is -2.29. The van der Waals surface area contributed by atoms with Gasteiger partial charge in [0.15, 0.2) is 0 Å². The maximum atomic E-state index is 13.9. The van der Waals surface area contributed by atoms with E-state index < -0.39 is 0 Å². The van der Waals surface area contributed by atoms with Gasteiger partial charge in [0.25, 0.3) is 0 Å². The Labute approximate surface area is 119 Å². The Kier molecular flexibility index (Phi) is 3.81. The molecule has 0 radical (unpaired) electrons. The first-order valence-electron chi connectivity index (χ1n) is 7.00. The number of likely N-dealkylation sites (tertiary alicyclic amines) is 1. The monoisotopic (exact) mass is 270 g/mol. The van der Waals surface area contributed by atoms with Crippen molar-refractivity contribution in [2.45, 2.75) is 18.5 Å². The van der Waals surface area contributed by atoms with E-state index >= 15 is 0 Å². The number of nitrogens with zero attached hydrogens (tertiary/aromatic N) is 1. The second-order valence-corrected chi connectivity index (χ2v) is 5.47. The van der Waals surface area contributed by atoms with E-state index in [1.165, 1.54) is 11.6 Å². The van der Waals surface area contributed by atoms with Gasteiger partial charge in [-0.05, 0) is 17.2 Å². The van der Waals surface area contributed by atoms with E-state index in [9.17, 15) is 4.39 Å². The molecule has 2 N–H and O–H groups in total. The first-order chi connectivity index (χ1) is 9.74. The summed E-state index contributed by atoms with van der Waals surface area (Å²) < 4.78 is 13.9. The minimum Gasteiger partial charge on any atom is -0.326 e. The summed E-state index contributed by atoms with van der Waals surface area (Å²) in [6, 6.07) is 17.3. The van der Waals surface area contributed by atoms with Crippen molar-refractivity contribution in [1.82, 2.24) is 4.90 Å². The lowest BCUT2D eigenvalue weighted by Gasteiger charge is -2.16. The summed E-state index contributed by atoms with van der Waals surface area (Å²) >= 11 is 0. The molecule has 1 heterocycles. The highest BCUT2D eigenvalue weighted by molar-refractivity contribution is 5.26. The van der Waals surface area contributed by atoms with Crippen LogP contribution in [0.15, 0.2) is 54.6 Å². The van der Waals surface area contributed by atoms with Crippen LogP contribution in [0.1, 0.15) is 17.0 Å². The van der Waals surface area contributed by atoms with Crippen molar-refractivity contribution in [2.24, 2.45) is 5.73 Å². The zero-order valence-corrected chi connectivity index (χ0v) is 11.4. The molecule has 3 rings (SSSR count). The quantitative estimate of drug-likeness (QED) is 0.929. The number of nitrogens with two attached hydrogens (primary N) is 1. The topological polar surface area (TPSA) is 29.3 Å². The first kappa shape index (κ1) is 13.3. The van der Waals surface area contributed by atoms with Gasteiger partial charge in [0, 0.05) is 31.6 Å². The third-order valence-corrected chi connectivity index (χ3v) is 3.99. The Balaban J connectivity index is 1.73. The SMILES string of the molecule is N[C@@H]1CN(Cc2ccccc2)CC1c1ccccc1F. The molecule has 0 spiro atoms. The van der Waals surface area contributed by atoms with Crippen LogP contribution in [-0.4, -0.2) is 24.0 Å². The molecule has 2 atom stereocenters. The molecule has 2 aromatic rings. The molecule has 0 saturated carbocycles. The van der Waals surface area contributed by atoms with Gasteiger partial charge in [-0.25, -0.2) is 4.39 Å². The van der Waals surface area contributed by atoms with E-state index in [0.717, 1.165) is 25.2 Å². The van der Waals surface area contributed by atoms with E-state index in [0.29, 0.717) is 0 Å². The predicted octanol–water partition coefficient (Wildman–Crippen LogP) is 2.75. The van der Waals surface area contributed by atoms with Crippen LogP contribution in [0.3, 0.4) is 0 Å². The molecule has 104 valence electrons. The Morgan fingerprint density at radius 2 is 1.70 bits per heavy atom. The summed E-state index contributed by atoms with van der Waals surface area (Å²) in [7, 11) is 0. The molecule has 1 saturated heterocycles. The van der Waals surface area contributed by atoms with Crippen LogP contribution in [0.2, 0.25) is 0 Å². The molecule has 1 unspecified atom stereocenters. The number of hydrogen-bond donors (Lipinski definition) is 1. The van der Waals surface area contributed by atoms with Crippen LogP contribution in [0.4, 0.5) is 4.39 Å². The second-order valence-electron chi connectivity index (χ2n) is 5.47. The molecule has 3 heteroatoms. The van der Waals surface area contributed by atoms with Gasteiger partial charge in [0.05, 0.1) is 0 Å². The van der Waals surface area contributed by atoms with Crippen LogP contribution in [0.25, 0.3) is 0 Å². The molecule has 2 nitrogen and oxygen atoms in total. The van der Waals surface area contributed by atoms with Crippen molar-refractivity contribution in [3.63, 3.8) is 0 Å². The maximum Gasteiger partial charge on any atom is 0.126 e. The Hall–Kier alpha value is -1.71. The van der Waals surface area contributed by atoms with Gasteiger partial charge >= 0.3 is 0 Å². The minimum atomic E-state index is -0.144. The normalized spacial score (nSPS) is 23.1. The lowest BCUT2D eigenvalue weighted by molar-refractivity contribution is 0.323. The molecule has 1 aliphatic heterocycles. The van der Waals surface area contributed by atoms with Gasteiger partial charge in [-0.1, -0.05) is 48.5 Å². The average molecular weight is 270 g/mol. The Morgan fingerprint density at radius 1 is 1.00 bits per heavy atom. The van der Waals surface area contributed by atoms with Crippen LogP contribution < -0.4 is 5.73 Å². The average Bonchev–Trinajstić information content (AvgIpc) is 2.81. The molecule has 20 heavy (non-hydrogen) atoms. The molecule has 0 aliphatic carbocycles. The van der Waals surface area contributed by atoms with E-state index in [-0.39, 0.29) is 17.8 Å². The first-order valence-corrected chi connectivity index (χ1v) is 7.00.